The highest BCUT2D eigenvalue weighted by atomic mass is 32.1. The summed E-state index contributed by atoms with van der Waals surface area (Å²) >= 11 is 1.58. The van der Waals surface area contributed by atoms with Gasteiger partial charge in [0.1, 0.15) is 5.69 Å². The molecule has 0 bridgehead atoms. The third kappa shape index (κ3) is 4.04. The number of carbonyl (C=O) groups is 1. The number of ketones is 1. The number of nitro groups is 1. The third-order valence-corrected chi connectivity index (χ3v) is 5.17. The first-order valence-electron chi connectivity index (χ1n) is 8.77. The SMILES string of the molecule is O=C(C=Cc1cn(-c2ccccc2)nc1-c1cccs1)c1ccc([N+](=O)[O-])cc1. The Labute approximate surface area is 170 Å². The topological polar surface area (TPSA) is 78.0 Å². The van der Waals surface area contributed by atoms with Gasteiger partial charge in [-0.05, 0) is 47.9 Å². The van der Waals surface area contributed by atoms with Gasteiger partial charge in [0.05, 0.1) is 15.5 Å². The van der Waals surface area contributed by atoms with Crippen LogP contribution in [0.25, 0.3) is 22.3 Å². The Balaban J connectivity index is 1.65. The molecular weight excluding hydrogens is 386 g/mol. The minimum atomic E-state index is -0.491. The number of non-ortho nitro benzene ring substituents is 1. The van der Waals surface area contributed by atoms with Crippen LogP contribution in [0.4, 0.5) is 5.69 Å². The lowest BCUT2D eigenvalue weighted by Gasteiger charge is -1.99. The van der Waals surface area contributed by atoms with E-state index in [2.05, 4.69) is 0 Å². The maximum atomic E-state index is 12.5. The third-order valence-electron chi connectivity index (χ3n) is 4.29. The quantitative estimate of drug-likeness (QED) is 0.187. The van der Waals surface area contributed by atoms with E-state index in [0.29, 0.717) is 5.56 Å². The van der Waals surface area contributed by atoms with Crippen molar-refractivity contribution in [2.24, 2.45) is 0 Å². The van der Waals surface area contributed by atoms with Crippen LogP contribution in [0, 0.1) is 10.1 Å². The van der Waals surface area contributed by atoms with Crippen molar-refractivity contribution in [1.82, 2.24) is 9.78 Å². The van der Waals surface area contributed by atoms with Crippen molar-refractivity contribution in [3.8, 4) is 16.3 Å². The Bertz CT molecular complexity index is 1180. The lowest BCUT2D eigenvalue weighted by molar-refractivity contribution is -0.384. The molecule has 2 heterocycles. The highest BCUT2D eigenvalue weighted by Gasteiger charge is 2.12. The van der Waals surface area contributed by atoms with Gasteiger partial charge < -0.3 is 0 Å². The molecule has 0 radical (unpaired) electrons. The molecule has 0 aliphatic rings. The van der Waals surface area contributed by atoms with Crippen molar-refractivity contribution < 1.29 is 9.72 Å². The standard InChI is InChI=1S/C22H15N3O3S/c26-20(16-8-11-19(12-9-16)25(27)28)13-10-17-15-24(18-5-2-1-3-6-18)23-22(17)21-7-4-14-29-21/h1-15H. The number of para-hydroxylation sites is 1. The molecule has 6 nitrogen and oxygen atoms in total. The van der Waals surface area contributed by atoms with Gasteiger partial charge in [-0.3, -0.25) is 14.9 Å². The molecule has 0 aliphatic carbocycles. The summed E-state index contributed by atoms with van der Waals surface area (Å²) in [5.41, 5.74) is 2.87. The largest absolute Gasteiger partial charge is 0.289 e. The Morgan fingerprint density at radius 2 is 1.79 bits per heavy atom. The van der Waals surface area contributed by atoms with E-state index in [0.717, 1.165) is 21.8 Å². The summed E-state index contributed by atoms with van der Waals surface area (Å²) in [6.07, 6.45) is 5.07. The van der Waals surface area contributed by atoms with E-state index in [9.17, 15) is 14.9 Å². The molecule has 0 fully saturated rings. The van der Waals surface area contributed by atoms with E-state index in [-0.39, 0.29) is 11.5 Å². The summed E-state index contributed by atoms with van der Waals surface area (Å²) in [4.78, 5) is 23.8. The number of hydrogen-bond acceptors (Lipinski definition) is 5. The van der Waals surface area contributed by atoms with Gasteiger partial charge in [-0.15, -0.1) is 11.3 Å². The Kier molecular flexibility index (Phi) is 5.13. The molecule has 4 rings (SSSR count). The molecule has 2 aromatic heterocycles. The zero-order valence-electron chi connectivity index (χ0n) is 15.1. The molecule has 2 aromatic carbocycles. The summed E-state index contributed by atoms with van der Waals surface area (Å²) in [5.74, 6) is -0.232. The van der Waals surface area contributed by atoms with Crippen LogP contribution in [0.1, 0.15) is 15.9 Å². The minimum Gasteiger partial charge on any atom is -0.289 e. The van der Waals surface area contributed by atoms with E-state index >= 15 is 0 Å². The van der Waals surface area contributed by atoms with Gasteiger partial charge in [0.2, 0.25) is 0 Å². The van der Waals surface area contributed by atoms with Crippen molar-refractivity contribution in [3.05, 3.63) is 106 Å². The van der Waals surface area contributed by atoms with E-state index in [1.54, 1.807) is 22.1 Å². The highest BCUT2D eigenvalue weighted by Crippen LogP contribution is 2.28. The van der Waals surface area contributed by atoms with Crippen molar-refractivity contribution in [2.45, 2.75) is 0 Å². The molecule has 142 valence electrons. The van der Waals surface area contributed by atoms with Crippen molar-refractivity contribution >= 4 is 28.9 Å². The second-order valence-corrected chi connectivity index (χ2v) is 7.14. The fourth-order valence-electron chi connectivity index (χ4n) is 2.84. The summed E-state index contributed by atoms with van der Waals surface area (Å²) < 4.78 is 1.78. The zero-order chi connectivity index (χ0) is 20.2. The van der Waals surface area contributed by atoms with Gasteiger partial charge >= 0.3 is 0 Å². The van der Waals surface area contributed by atoms with Gasteiger partial charge in [-0.2, -0.15) is 5.10 Å². The average Bonchev–Trinajstić information content (AvgIpc) is 3.42. The van der Waals surface area contributed by atoms with Gasteiger partial charge in [-0.1, -0.05) is 24.3 Å². The number of aromatic nitrogens is 2. The fraction of sp³-hybridized carbons (Fsp3) is 0. The molecule has 7 heteroatoms. The van der Waals surface area contributed by atoms with E-state index in [1.165, 1.54) is 30.3 Å². The predicted octanol–water partition coefficient (Wildman–Crippen LogP) is 5.41. The van der Waals surface area contributed by atoms with Crippen LogP contribution in [0.15, 0.2) is 84.4 Å². The number of nitro benzene ring substituents is 1. The molecule has 4 aromatic rings. The van der Waals surface area contributed by atoms with Gasteiger partial charge in [0, 0.05) is 29.5 Å². The van der Waals surface area contributed by atoms with Crippen LogP contribution in [0.2, 0.25) is 0 Å². The number of nitrogens with zero attached hydrogens (tertiary/aromatic N) is 3. The molecule has 0 amide bonds. The molecule has 0 saturated heterocycles. The Morgan fingerprint density at radius 3 is 2.45 bits per heavy atom. The normalized spacial score (nSPS) is 11.0. The van der Waals surface area contributed by atoms with E-state index < -0.39 is 4.92 Å². The summed E-state index contributed by atoms with van der Waals surface area (Å²) in [5, 5.41) is 17.4. The van der Waals surface area contributed by atoms with Crippen LogP contribution in [-0.4, -0.2) is 20.5 Å². The predicted molar refractivity (Wildman–Crippen MR) is 113 cm³/mol. The monoisotopic (exact) mass is 401 g/mol. The second kappa shape index (κ2) is 8.04. The zero-order valence-corrected chi connectivity index (χ0v) is 16.0. The maximum absolute atomic E-state index is 12.5. The van der Waals surface area contributed by atoms with Gasteiger partial charge in [0.25, 0.3) is 5.69 Å². The number of thiophene rings is 1. The van der Waals surface area contributed by atoms with Crippen molar-refractivity contribution in [3.63, 3.8) is 0 Å². The van der Waals surface area contributed by atoms with Gasteiger partial charge in [0.15, 0.2) is 5.78 Å². The summed E-state index contributed by atoms with van der Waals surface area (Å²) in [6, 6.07) is 19.2. The lowest BCUT2D eigenvalue weighted by Crippen LogP contribution is -1.95. The number of allylic oxidation sites excluding steroid dienone is 1. The van der Waals surface area contributed by atoms with E-state index in [1.807, 2.05) is 54.0 Å². The molecule has 0 unspecified atom stereocenters. The number of benzene rings is 2. The van der Waals surface area contributed by atoms with Crippen LogP contribution in [0.5, 0.6) is 0 Å². The molecule has 0 N–H and O–H groups in total. The van der Waals surface area contributed by atoms with Crippen LogP contribution in [0.3, 0.4) is 0 Å². The summed E-state index contributed by atoms with van der Waals surface area (Å²) in [6.45, 7) is 0. The van der Waals surface area contributed by atoms with E-state index in [4.69, 9.17) is 5.10 Å². The fourth-order valence-corrected chi connectivity index (χ4v) is 3.57. The highest BCUT2D eigenvalue weighted by molar-refractivity contribution is 7.13. The smallest absolute Gasteiger partial charge is 0.269 e. The second-order valence-electron chi connectivity index (χ2n) is 6.19. The average molecular weight is 401 g/mol. The molecule has 0 atom stereocenters. The first-order chi connectivity index (χ1) is 14.1. The van der Waals surface area contributed by atoms with Crippen molar-refractivity contribution in [2.75, 3.05) is 0 Å². The van der Waals surface area contributed by atoms with Crippen LogP contribution in [-0.2, 0) is 0 Å². The Hall–Kier alpha value is -3.84. The lowest BCUT2D eigenvalue weighted by atomic mass is 10.1. The van der Waals surface area contributed by atoms with Crippen LogP contribution < -0.4 is 0 Å². The number of rotatable bonds is 6. The number of hydrogen-bond donors (Lipinski definition) is 0. The van der Waals surface area contributed by atoms with Crippen molar-refractivity contribution in [1.29, 1.82) is 0 Å². The van der Waals surface area contributed by atoms with Crippen LogP contribution >= 0.6 is 11.3 Å². The number of carbonyl (C=O) groups excluding carboxylic acids is 1. The Morgan fingerprint density at radius 1 is 1.03 bits per heavy atom. The summed E-state index contributed by atoms with van der Waals surface area (Å²) in [7, 11) is 0. The molecule has 29 heavy (non-hydrogen) atoms. The molecular formula is C22H15N3O3S. The van der Waals surface area contributed by atoms with Gasteiger partial charge in [-0.25, -0.2) is 4.68 Å². The molecule has 0 saturated carbocycles. The maximum Gasteiger partial charge on any atom is 0.269 e. The molecule has 0 spiro atoms. The first kappa shape index (κ1) is 18.5. The molecule has 0 aliphatic heterocycles. The minimum absolute atomic E-state index is 0.0466. The first-order valence-corrected chi connectivity index (χ1v) is 9.65.